The fraction of sp³-hybridized carbons (Fsp3) is 0.111. The van der Waals surface area contributed by atoms with Crippen LogP contribution in [0.5, 0.6) is 0 Å². The molecular formula is C18H15BrN2O2S. The van der Waals surface area contributed by atoms with Crippen LogP contribution in [0, 0.1) is 0 Å². The van der Waals surface area contributed by atoms with E-state index in [-0.39, 0.29) is 11.8 Å². The first kappa shape index (κ1) is 16.7. The summed E-state index contributed by atoms with van der Waals surface area (Å²) < 4.78 is 0.876. The van der Waals surface area contributed by atoms with Gasteiger partial charge in [-0.2, -0.15) is 0 Å². The van der Waals surface area contributed by atoms with E-state index in [1.54, 1.807) is 19.1 Å². The van der Waals surface area contributed by atoms with Crippen molar-refractivity contribution in [2.45, 2.75) is 13.0 Å². The fourth-order valence-electron chi connectivity index (χ4n) is 2.29. The largest absolute Gasteiger partial charge is 0.340 e. The maximum atomic E-state index is 12.3. The summed E-state index contributed by atoms with van der Waals surface area (Å²) >= 11 is 4.65. The van der Waals surface area contributed by atoms with E-state index in [0.717, 1.165) is 14.6 Å². The number of carbonyl (C=O) groups excluding carboxylic acids is 2. The standard InChI is InChI=1S/C18H15BrN2O2S/c1-11(20-18(23)15-8-9-16(19)24-15)17(22)21-14-7-6-12-4-2-3-5-13(12)10-14/h2-11H,1H3,(H,20,23)(H,21,22). The Kier molecular flexibility index (Phi) is 4.97. The average Bonchev–Trinajstić information content (AvgIpc) is 3.01. The lowest BCUT2D eigenvalue weighted by Gasteiger charge is -2.14. The Morgan fingerprint density at radius 3 is 2.50 bits per heavy atom. The highest BCUT2D eigenvalue weighted by atomic mass is 79.9. The summed E-state index contributed by atoms with van der Waals surface area (Å²) in [5.41, 5.74) is 0.707. The molecule has 0 bridgehead atoms. The van der Waals surface area contributed by atoms with E-state index in [9.17, 15) is 9.59 Å². The van der Waals surface area contributed by atoms with E-state index in [2.05, 4.69) is 26.6 Å². The molecule has 3 rings (SSSR count). The number of rotatable bonds is 4. The van der Waals surface area contributed by atoms with Crippen LogP contribution in [0.4, 0.5) is 5.69 Å². The maximum Gasteiger partial charge on any atom is 0.262 e. The van der Waals surface area contributed by atoms with Crippen molar-refractivity contribution in [3.8, 4) is 0 Å². The Morgan fingerprint density at radius 2 is 1.79 bits per heavy atom. The second-order valence-electron chi connectivity index (χ2n) is 5.35. The lowest BCUT2D eigenvalue weighted by atomic mass is 10.1. The van der Waals surface area contributed by atoms with Gasteiger partial charge in [-0.15, -0.1) is 11.3 Å². The van der Waals surface area contributed by atoms with Crippen molar-refractivity contribution in [3.05, 3.63) is 63.3 Å². The molecule has 0 saturated carbocycles. The Bertz CT molecular complexity index is 907. The highest BCUT2D eigenvalue weighted by Crippen LogP contribution is 2.22. The zero-order valence-electron chi connectivity index (χ0n) is 12.9. The molecule has 0 saturated heterocycles. The van der Waals surface area contributed by atoms with Crippen molar-refractivity contribution in [2.24, 2.45) is 0 Å². The molecule has 3 aromatic rings. The van der Waals surface area contributed by atoms with Gasteiger partial charge in [-0.25, -0.2) is 0 Å². The van der Waals surface area contributed by atoms with E-state index >= 15 is 0 Å². The minimum Gasteiger partial charge on any atom is -0.340 e. The normalized spacial score (nSPS) is 11.9. The summed E-state index contributed by atoms with van der Waals surface area (Å²) in [7, 11) is 0. The Labute approximate surface area is 152 Å². The minimum absolute atomic E-state index is 0.255. The second-order valence-corrected chi connectivity index (χ2v) is 7.81. The Balaban J connectivity index is 1.65. The number of amides is 2. The molecule has 1 heterocycles. The summed E-state index contributed by atoms with van der Waals surface area (Å²) in [6.45, 7) is 1.66. The number of anilines is 1. The summed E-state index contributed by atoms with van der Waals surface area (Å²) in [5, 5.41) is 7.70. The number of nitrogens with one attached hydrogen (secondary N) is 2. The summed E-state index contributed by atoms with van der Waals surface area (Å²) in [6.07, 6.45) is 0. The molecule has 2 aromatic carbocycles. The van der Waals surface area contributed by atoms with Crippen LogP contribution in [-0.4, -0.2) is 17.9 Å². The van der Waals surface area contributed by atoms with Gasteiger partial charge < -0.3 is 10.6 Å². The van der Waals surface area contributed by atoms with E-state index in [4.69, 9.17) is 0 Å². The number of benzene rings is 2. The van der Waals surface area contributed by atoms with Crippen LogP contribution in [0.15, 0.2) is 58.4 Å². The molecule has 1 aromatic heterocycles. The van der Waals surface area contributed by atoms with Gasteiger partial charge in [-0.3, -0.25) is 9.59 Å². The molecule has 2 amide bonds. The summed E-state index contributed by atoms with van der Waals surface area (Å²) in [4.78, 5) is 24.9. The van der Waals surface area contributed by atoms with Gasteiger partial charge in [0.05, 0.1) is 8.66 Å². The van der Waals surface area contributed by atoms with E-state index < -0.39 is 6.04 Å². The van der Waals surface area contributed by atoms with Gasteiger partial charge >= 0.3 is 0 Å². The predicted octanol–water partition coefficient (Wildman–Crippen LogP) is 4.42. The molecule has 0 spiro atoms. The van der Waals surface area contributed by atoms with Crippen molar-refractivity contribution in [2.75, 3.05) is 5.32 Å². The van der Waals surface area contributed by atoms with Gasteiger partial charge in [0.2, 0.25) is 5.91 Å². The molecule has 1 unspecified atom stereocenters. The molecule has 2 N–H and O–H groups in total. The quantitative estimate of drug-likeness (QED) is 0.678. The van der Waals surface area contributed by atoms with Crippen LogP contribution < -0.4 is 10.6 Å². The molecule has 0 aliphatic carbocycles. The first-order chi connectivity index (χ1) is 11.5. The Morgan fingerprint density at radius 1 is 1.04 bits per heavy atom. The van der Waals surface area contributed by atoms with Gasteiger partial charge in [0.1, 0.15) is 6.04 Å². The topological polar surface area (TPSA) is 58.2 Å². The molecule has 24 heavy (non-hydrogen) atoms. The van der Waals surface area contributed by atoms with Crippen LogP contribution in [0.3, 0.4) is 0 Å². The molecular weight excluding hydrogens is 388 g/mol. The van der Waals surface area contributed by atoms with Crippen molar-refractivity contribution >= 4 is 55.5 Å². The number of halogens is 1. The van der Waals surface area contributed by atoms with Crippen LogP contribution in [0.1, 0.15) is 16.6 Å². The van der Waals surface area contributed by atoms with E-state index in [1.807, 2.05) is 42.5 Å². The van der Waals surface area contributed by atoms with Crippen LogP contribution in [0.2, 0.25) is 0 Å². The maximum absolute atomic E-state index is 12.3. The number of carbonyl (C=O) groups is 2. The molecule has 4 nitrogen and oxygen atoms in total. The fourth-order valence-corrected chi connectivity index (χ4v) is 3.58. The number of hydrogen-bond acceptors (Lipinski definition) is 3. The van der Waals surface area contributed by atoms with Crippen LogP contribution in [0.25, 0.3) is 10.8 Å². The zero-order chi connectivity index (χ0) is 17.1. The molecule has 122 valence electrons. The molecule has 0 aliphatic heterocycles. The van der Waals surface area contributed by atoms with Crippen molar-refractivity contribution in [3.63, 3.8) is 0 Å². The first-order valence-corrected chi connectivity index (χ1v) is 9.00. The summed E-state index contributed by atoms with van der Waals surface area (Å²) in [5.74, 6) is -0.513. The van der Waals surface area contributed by atoms with Gasteiger partial charge in [0, 0.05) is 5.69 Å². The lowest BCUT2D eigenvalue weighted by molar-refractivity contribution is -0.117. The number of hydrogen-bond donors (Lipinski definition) is 2. The highest BCUT2D eigenvalue weighted by molar-refractivity contribution is 9.11. The highest BCUT2D eigenvalue weighted by Gasteiger charge is 2.17. The zero-order valence-corrected chi connectivity index (χ0v) is 15.3. The van der Waals surface area contributed by atoms with E-state index in [1.165, 1.54) is 11.3 Å². The van der Waals surface area contributed by atoms with Gasteiger partial charge in [0.15, 0.2) is 0 Å². The smallest absolute Gasteiger partial charge is 0.262 e. The monoisotopic (exact) mass is 402 g/mol. The summed E-state index contributed by atoms with van der Waals surface area (Å²) in [6, 6.07) is 16.5. The third kappa shape index (κ3) is 3.83. The molecule has 0 aliphatic rings. The molecule has 0 fully saturated rings. The molecule has 1 atom stereocenters. The van der Waals surface area contributed by atoms with Gasteiger partial charge in [-0.05, 0) is 57.9 Å². The third-order valence-corrected chi connectivity index (χ3v) is 5.18. The van der Waals surface area contributed by atoms with Gasteiger partial charge in [0.25, 0.3) is 5.91 Å². The van der Waals surface area contributed by atoms with Gasteiger partial charge in [-0.1, -0.05) is 30.3 Å². The minimum atomic E-state index is -0.634. The van der Waals surface area contributed by atoms with Crippen molar-refractivity contribution in [1.82, 2.24) is 5.32 Å². The third-order valence-electron chi connectivity index (χ3n) is 3.55. The van der Waals surface area contributed by atoms with Crippen LogP contribution >= 0.6 is 27.3 Å². The second kappa shape index (κ2) is 7.15. The molecule has 6 heteroatoms. The van der Waals surface area contributed by atoms with E-state index in [0.29, 0.717) is 10.6 Å². The Hall–Kier alpha value is -2.18. The number of fused-ring (bicyclic) bond motifs is 1. The van der Waals surface area contributed by atoms with Crippen molar-refractivity contribution < 1.29 is 9.59 Å². The van der Waals surface area contributed by atoms with Crippen molar-refractivity contribution in [1.29, 1.82) is 0 Å². The first-order valence-electron chi connectivity index (χ1n) is 7.39. The SMILES string of the molecule is CC(NC(=O)c1ccc(Br)s1)C(=O)Nc1ccc2ccccc2c1. The lowest BCUT2D eigenvalue weighted by Crippen LogP contribution is -2.41. The van der Waals surface area contributed by atoms with Crippen LogP contribution in [-0.2, 0) is 4.79 Å². The number of thiophene rings is 1. The molecule has 0 radical (unpaired) electrons. The average molecular weight is 403 g/mol. The predicted molar refractivity (Wildman–Crippen MR) is 102 cm³/mol.